The maximum Gasteiger partial charge on any atom is 0.319 e. The van der Waals surface area contributed by atoms with Crippen molar-refractivity contribution in [1.82, 2.24) is 19.2 Å². The topological polar surface area (TPSA) is 50.1 Å². The Kier molecular flexibility index (Phi) is 6.42. The van der Waals surface area contributed by atoms with Crippen LogP contribution in [0.1, 0.15) is 31.0 Å². The van der Waals surface area contributed by atoms with Gasteiger partial charge in [-0.05, 0) is 49.3 Å². The van der Waals surface area contributed by atoms with Crippen molar-refractivity contribution in [2.24, 2.45) is 0 Å². The molecule has 0 bridgehead atoms. The normalized spacial score (nSPS) is 16.2. The minimum absolute atomic E-state index is 0.0618. The molecule has 0 spiro atoms. The first-order valence-electron chi connectivity index (χ1n) is 9.97. The number of amides is 2. The molecule has 0 atom stereocenters. The summed E-state index contributed by atoms with van der Waals surface area (Å²) in [5, 5.41) is 0. The lowest BCUT2D eigenvalue weighted by atomic mass is 10.1. The fraction of sp³-hybridized carbons (Fsp3) is 0.391. The zero-order valence-electron chi connectivity index (χ0n) is 17.8. The van der Waals surface area contributed by atoms with E-state index < -0.39 is 0 Å². The molecule has 2 aromatic heterocycles. The lowest BCUT2D eigenvalue weighted by Gasteiger charge is -2.33. The Hall–Kier alpha value is -3.02. The zero-order chi connectivity index (χ0) is 21.0. The molecule has 2 aromatic rings. The standard InChI is InChI=1S/C23H30N4O2/c1-6-19(29-20-11-14-26(15-12-20)23(28)25(4)5)8-7-17(2)21-9-10-22-24-13-16-27(22)18(21)3/h6-10,13,16,20H,1,11-12,14-15H2,2-5H3/b17-7+,19-8+. The van der Waals surface area contributed by atoms with Gasteiger partial charge >= 0.3 is 6.03 Å². The molecule has 0 radical (unpaired) electrons. The molecule has 6 nitrogen and oxygen atoms in total. The second-order valence-electron chi connectivity index (χ2n) is 7.59. The number of rotatable bonds is 5. The Labute approximate surface area is 172 Å². The smallest absolute Gasteiger partial charge is 0.319 e. The molecule has 0 unspecified atom stereocenters. The van der Waals surface area contributed by atoms with Gasteiger partial charge in [0.25, 0.3) is 0 Å². The number of aryl methyl sites for hydroxylation is 1. The van der Waals surface area contributed by atoms with Crippen LogP contribution in [0, 0.1) is 6.92 Å². The summed E-state index contributed by atoms with van der Waals surface area (Å²) in [5.74, 6) is 0.753. The Morgan fingerprint density at radius 3 is 2.66 bits per heavy atom. The van der Waals surface area contributed by atoms with E-state index in [1.165, 1.54) is 5.56 Å². The van der Waals surface area contributed by atoms with Crippen LogP contribution in [0.5, 0.6) is 0 Å². The predicted molar refractivity (Wildman–Crippen MR) is 117 cm³/mol. The molecule has 1 saturated heterocycles. The molecule has 0 N–H and O–H groups in total. The number of allylic oxidation sites excluding steroid dienone is 4. The van der Waals surface area contributed by atoms with E-state index in [2.05, 4.69) is 42.0 Å². The van der Waals surface area contributed by atoms with Crippen LogP contribution in [-0.4, -0.2) is 58.5 Å². The van der Waals surface area contributed by atoms with Crippen molar-refractivity contribution in [2.75, 3.05) is 27.2 Å². The van der Waals surface area contributed by atoms with Gasteiger partial charge in [0, 0.05) is 58.1 Å². The number of pyridine rings is 1. The van der Waals surface area contributed by atoms with E-state index in [1.807, 2.05) is 29.4 Å². The van der Waals surface area contributed by atoms with Crippen LogP contribution >= 0.6 is 0 Å². The van der Waals surface area contributed by atoms with Gasteiger partial charge in [-0.1, -0.05) is 12.7 Å². The van der Waals surface area contributed by atoms with Gasteiger partial charge in [-0.25, -0.2) is 9.78 Å². The number of urea groups is 1. The van der Waals surface area contributed by atoms with Crippen LogP contribution in [-0.2, 0) is 4.74 Å². The summed E-state index contributed by atoms with van der Waals surface area (Å²) in [6, 6.07) is 4.19. The third-order valence-electron chi connectivity index (χ3n) is 5.34. The summed E-state index contributed by atoms with van der Waals surface area (Å²) in [7, 11) is 3.56. The molecule has 3 heterocycles. The van der Waals surface area contributed by atoms with Gasteiger partial charge in [-0.3, -0.25) is 0 Å². The highest BCUT2D eigenvalue weighted by molar-refractivity contribution is 5.73. The first-order valence-corrected chi connectivity index (χ1v) is 9.97. The highest BCUT2D eigenvalue weighted by Gasteiger charge is 2.24. The van der Waals surface area contributed by atoms with Gasteiger partial charge in [0.1, 0.15) is 17.5 Å². The number of hydrogen-bond donors (Lipinski definition) is 0. The predicted octanol–water partition coefficient (Wildman–Crippen LogP) is 4.28. The average Bonchev–Trinajstić information content (AvgIpc) is 3.20. The van der Waals surface area contributed by atoms with Crippen molar-refractivity contribution in [3.8, 4) is 0 Å². The van der Waals surface area contributed by atoms with Gasteiger partial charge in [-0.2, -0.15) is 0 Å². The van der Waals surface area contributed by atoms with E-state index in [0.717, 1.165) is 35.5 Å². The molecule has 0 saturated carbocycles. The first kappa shape index (κ1) is 20.7. The number of ether oxygens (including phenoxy) is 1. The number of carbonyl (C=O) groups excluding carboxylic acids is 1. The number of hydrogen-bond acceptors (Lipinski definition) is 3. The molecule has 3 rings (SSSR count). The molecule has 1 aliphatic rings. The van der Waals surface area contributed by atoms with Gasteiger partial charge in [0.05, 0.1) is 0 Å². The minimum atomic E-state index is 0.0618. The van der Waals surface area contributed by atoms with Crippen molar-refractivity contribution < 1.29 is 9.53 Å². The quantitative estimate of drug-likeness (QED) is 0.562. The highest BCUT2D eigenvalue weighted by Crippen LogP contribution is 2.22. The average molecular weight is 395 g/mol. The molecule has 1 fully saturated rings. The van der Waals surface area contributed by atoms with Crippen LogP contribution in [0.4, 0.5) is 4.79 Å². The number of aromatic nitrogens is 2. The molecular weight excluding hydrogens is 364 g/mol. The highest BCUT2D eigenvalue weighted by atomic mass is 16.5. The SMILES string of the molecule is C=C/C(=C\C=C(/C)c1ccc2nccn2c1C)OC1CCN(C(=O)N(C)C)CC1. The Morgan fingerprint density at radius 1 is 1.28 bits per heavy atom. The molecule has 0 aliphatic carbocycles. The number of imidazole rings is 1. The second-order valence-corrected chi connectivity index (χ2v) is 7.59. The third-order valence-corrected chi connectivity index (χ3v) is 5.34. The van der Waals surface area contributed by atoms with E-state index >= 15 is 0 Å². The largest absolute Gasteiger partial charge is 0.490 e. The molecule has 154 valence electrons. The number of nitrogens with zero attached hydrogens (tertiary/aromatic N) is 4. The third kappa shape index (κ3) is 4.70. The van der Waals surface area contributed by atoms with Crippen LogP contribution in [0.15, 0.2) is 55.1 Å². The number of fused-ring (bicyclic) bond motifs is 1. The fourth-order valence-electron chi connectivity index (χ4n) is 3.64. The van der Waals surface area contributed by atoms with E-state index in [4.69, 9.17) is 4.74 Å². The summed E-state index contributed by atoms with van der Waals surface area (Å²) >= 11 is 0. The fourth-order valence-corrected chi connectivity index (χ4v) is 3.64. The molecule has 29 heavy (non-hydrogen) atoms. The molecular formula is C23H30N4O2. The van der Waals surface area contributed by atoms with Gasteiger partial charge in [0.15, 0.2) is 0 Å². The molecule has 0 aromatic carbocycles. The Bertz CT molecular complexity index is 947. The molecule has 1 aliphatic heterocycles. The van der Waals surface area contributed by atoms with E-state index in [-0.39, 0.29) is 12.1 Å². The van der Waals surface area contributed by atoms with Crippen LogP contribution in [0.3, 0.4) is 0 Å². The van der Waals surface area contributed by atoms with Gasteiger partial charge in [-0.15, -0.1) is 0 Å². The van der Waals surface area contributed by atoms with Crippen molar-refractivity contribution in [2.45, 2.75) is 32.8 Å². The molecule has 6 heteroatoms. The first-order chi connectivity index (χ1) is 13.9. The van der Waals surface area contributed by atoms with Crippen molar-refractivity contribution in [3.63, 3.8) is 0 Å². The van der Waals surface area contributed by atoms with Crippen molar-refractivity contribution in [3.05, 3.63) is 66.3 Å². The van der Waals surface area contributed by atoms with Crippen molar-refractivity contribution >= 4 is 17.3 Å². The number of piperidine rings is 1. The monoisotopic (exact) mass is 394 g/mol. The van der Waals surface area contributed by atoms with E-state index in [1.54, 1.807) is 25.1 Å². The van der Waals surface area contributed by atoms with E-state index in [0.29, 0.717) is 13.1 Å². The van der Waals surface area contributed by atoms with Crippen LogP contribution < -0.4 is 0 Å². The maximum absolute atomic E-state index is 12.1. The lowest BCUT2D eigenvalue weighted by molar-refractivity contribution is 0.0612. The summed E-state index contributed by atoms with van der Waals surface area (Å²) < 4.78 is 8.22. The lowest BCUT2D eigenvalue weighted by Crippen LogP contribution is -2.45. The summed E-state index contributed by atoms with van der Waals surface area (Å²) in [6.45, 7) is 9.50. The molecule has 2 amide bonds. The second kappa shape index (κ2) is 8.99. The van der Waals surface area contributed by atoms with Crippen LogP contribution in [0.2, 0.25) is 0 Å². The Balaban J connectivity index is 1.66. The Morgan fingerprint density at radius 2 is 2.00 bits per heavy atom. The maximum atomic E-state index is 12.1. The van der Waals surface area contributed by atoms with Gasteiger partial charge in [0.2, 0.25) is 0 Å². The number of carbonyl (C=O) groups is 1. The summed E-state index contributed by atoms with van der Waals surface area (Å²) in [4.78, 5) is 19.9. The number of likely N-dealkylation sites (tertiary alicyclic amines) is 1. The van der Waals surface area contributed by atoms with Crippen molar-refractivity contribution in [1.29, 1.82) is 0 Å². The van der Waals surface area contributed by atoms with E-state index in [9.17, 15) is 4.79 Å². The zero-order valence-corrected chi connectivity index (χ0v) is 17.8. The summed E-state index contributed by atoms with van der Waals surface area (Å²) in [5.41, 5.74) is 4.42. The van der Waals surface area contributed by atoms with Gasteiger partial charge < -0.3 is 18.9 Å². The minimum Gasteiger partial charge on any atom is -0.490 e. The van der Waals surface area contributed by atoms with Crippen LogP contribution in [0.25, 0.3) is 11.2 Å². The summed E-state index contributed by atoms with van der Waals surface area (Å²) in [6.07, 6.45) is 11.3.